The third-order valence-corrected chi connectivity index (χ3v) is 3.04. The van der Waals surface area contributed by atoms with E-state index in [0.29, 0.717) is 10.8 Å². The largest absolute Gasteiger partial charge is 0.393 e. The Labute approximate surface area is 112 Å². The van der Waals surface area contributed by atoms with Crippen molar-refractivity contribution in [3.8, 4) is 0 Å². The maximum Gasteiger partial charge on any atom is 0.393 e. The second-order valence-corrected chi connectivity index (χ2v) is 4.74. The van der Waals surface area contributed by atoms with Crippen molar-refractivity contribution >= 4 is 22.4 Å². The van der Waals surface area contributed by atoms with E-state index >= 15 is 0 Å². The number of anilines is 2. The van der Waals surface area contributed by atoms with Crippen LogP contribution in [0.1, 0.15) is 18.3 Å². The highest BCUT2D eigenvalue weighted by Gasteiger charge is 2.27. The Hall–Kier alpha value is -1.63. The van der Waals surface area contributed by atoms with E-state index in [2.05, 4.69) is 14.7 Å². The molecular formula is C12H12F3N3S. The molecular weight excluding hydrogens is 275 g/mol. The van der Waals surface area contributed by atoms with Gasteiger partial charge in [0.15, 0.2) is 0 Å². The van der Waals surface area contributed by atoms with Gasteiger partial charge in [-0.05, 0) is 17.7 Å². The summed E-state index contributed by atoms with van der Waals surface area (Å²) in [4.78, 5) is 4.20. The quantitative estimate of drug-likeness (QED) is 0.925. The maximum atomic E-state index is 12.3. The SMILES string of the molecule is CCc1nsc(Nc2cccc(CC(F)(F)F)c2)n1. The lowest BCUT2D eigenvalue weighted by Crippen LogP contribution is -2.11. The lowest BCUT2D eigenvalue weighted by atomic mass is 10.1. The molecule has 0 unspecified atom stereocenters. The molecule has 2 rings (SSSR count). The van der Waals surface area contributed by atoms with Crippen molar-refractivity contribution in [2.75, 3.05) is 5.32 Å². The van der Waals surface area contributed by atoms with Crippen LogP contribution in [0.4, 0.5) is 24.0 Å². The van der Waals surface area contributed by atoms with E-state index in [1.54, 1.807) is 12.1 Å². The van der Waals surface area contributed by atoms with E-state index in [9.17, 15) is 13.2 Å². The van der Waals surface area contributed by atoms with Gasteiger partial charge >= 0.3 is 6.18 Å². The molecule has 1 aromatic carbocycles. The van der Waals surface area contributed by atoms with Gasteiger partial charge in [0, 0.05) is 23.6 Å². The molecule has 2 aromatic rings. The van der Waals surface area contributed by atoms with E-state index in [-0.39, 0.29) is 5.56 Å². The molecule has 0 amide bonds. The van der Waals surface area contributed by atoms with Crippen LogP contribution in [-0.4, -0.2) is 15.5 Å². The highest BCUT2D eigenvalue weighted by Crippen LogP contribution is 2.24. The summed E-state index contributed by atoms with van der Waals surface area (Å²) in [6.07, 6.45) is -4.40. The Bertz CT molecular complexity index is 551. The fourth-order valence-electron chi connectivity index (χ4n) is 1.56. The normalized spacial score (nSPS) is 11.6. The van der Waals surface area contributed by atoms with Crippen molar-refractivity contribution in [2.24, 2.45) is 0 Å². The zero-order chi connectivity index (χ0) is 13.9. The van der Waals surface area contributed by atoms with Crippen molar-refractivity contribution in [2.45, 2.75) is 25.9 Å². The lowest BCUT2D eigenvalue weighted by Gasteiger charge is -2.08. The van der Waals surface area contributed by atoms with Gasteiger partial charge in [0.2, 0.25) is 5.13 Å². The molecule has 0 bridgehead atoms. The number of nitrogens with zero attached hydrogens (tertiary/aromatic N) is 2. The number of aromatic nitrogens is 2. The molecule has 0 spiro atoms. The molecule has 0 saturated heterocycles. The summed E-state index contributed by atoms with van der Waals surface area (Å²) >= 11 is 1.19. The predicted molar refractivity (Wildman–Crippen MR) is 68.8 cm³/mol. The summed E-state index contributed by atoms with van der Waals surface area (Å²) in [6.45, 7) is 1.94. The van der Waals surface area contributed by atoms with Gasteiger partial charge in [-0.15, -0.1) is 0 Å². The molecule has 3 nitrogen and oxygen atoms in total. The van der Waals surface area contributed by atoms with Crippen LogP contribution in [0, 0.1) is 0 Å². The van der Waals surface area contributed by atoms with E-state index in [1.165, 1.54) is 23.7 Å². The molecule has 7 heteroatoms. The van der Waals surface area contributed by atoms with Crippen molar-refractivity contribution < 1.29 is 13.2 Å². The zero-order valence-corrected chi connectivity index (χ0v) is 11.0. The van der Waals surface area contributed by atoms with Gasteiger partial charge in [-0.3, -0.25) is 0 Å². The van der Waals surface area contributed by atoms with Gasteiger partial charge in [0.25, 0.3) is 0 Å². The Kier molecular flexibility index (Phi) is 4.04. The molecule has 0 aliphatic rings. The molecule has 102 valence electrons. The highest BCUT2D eigenvalue weighted by atomic mass is 32.1. The van der Waals surface area contributed by atoms with Gasteiger partial charge in [0.05, 0.1) is 6.42 Å². The Balaban J connectivity index is 2.10. The van der Waals surface area contributed by atoms with Crippen molar-refractivity contribution in [3.05, 3.63) is 35.7 Å². The minimum atomic E-state index is -4.20. The number of nitrogens with one attached hydrogen (secondary N) is 1. The summed E-state index contributed by atoms with van der Waals surface area (Å²) in [7, 11) is 0. The molecule has 1 aromatic heterocycles. The summed E-state index contributed by atoms with van der Waals surface area (Å²) in [5.74, 6) is 0.721. The first-order valence-electron chi connectivity index (χ1n) is 5.71. The monoisotopic (exact) mass is 287 g/mol. The third-order valence-electron chi connectivity index (χ3n) is 2.37. The predicted octanol–water partition coefficient (Wildman–Crippen LogP) is 3.95. The molecule has 0 atom stereocenters. The molecule has 19 heavy (non-hydrogen) atoms. The van der Waals surface area contributed by atoms with E-state index < -0.39 is 12.6 Å². The molecule has 0 saturated carbocycles. The zero-order valence-electron chi connectivity index (χ0n) is 10.2. The molecule has 1 heterocycles. The van der Waals surface area contributed by atoms with E-state index in [4.69, 9.17) is 0 Å². The minimum absolute atomic E-state index is 0.220. The maximum absolute atomic E-state index is 12.3. The molecule has 0 aliphatic carbocycles. The summed E-state index contributed by atoms with van der Waals surface area (Å²) < 4.78 is 41.0. The summed E-state index contributed by atoms with van der Waals surface area (Å²) in [5, 5.41) is 3.55. The van der Waals surface area contributed by atoms with Crippen LogP contribution in [0.2, 0.25) is 0 Å². The van der Waals surface area contributed by atoms with Crippen molar-refractivity contribution in [1.82, 2.24) is 9.36 Å². The van der Waals surface area contributed by atoms with Crippen LogP contribution in [0.15, 0.2) is 24.3 Å². The Morgan fingerprint density at radius 1 is 1.32 bits per heavy atom. The van der Waals surface area contributed by atoms with Crippen LogP contribution < -0.4 is 5.32 Å². The fraction of sp³-hybridized carbons (Fsp3) is 0.333. The smallest absolute Gasteiger partial charge is 0.330 e. The van der Waals surface area contributed by atoms with E-state index in [1.807, 2.05) is 6.92 Å². The average molecular weight is 287 g/mol. The van der Waals surface area contributed by atoms with Crippen molar-refractivity contribution in [1.29, 1.82) is 0 Å². The first-order valence-corrected chi connectivity index (χ1v) is 6.49. The van der Waals surface area contributed by atoms with E-state index in [0.717, 1.165) is 12.2 Å². The van der Waals surface area contributed by atoms with Crippen molar-refractivity contribution in [3.63, 3.8) is 0 Å². The average Bonchev–Trinajstić information content (AvgIpc) is 2.75. The fourth-order valence-corrected chi connectivity index (χ4v) is 2.23. The van der Waals surface area contributed by atoms with Gasteiger partial charge in [-0.25, -0.2) is 4.98 Å². The van der Waals surface area contributed by atoms with Gasteiger partial charge in [-0.2, -0.15) is 17.5 Å². The first kappa shape index (κ1) is 13.8. The molecule has 1 N–H and O–H groups in total. The first-order chi connectivity index (χ1) is 8.96. The Morgan fingerprint density at radius 3 is 2.74 bits per heavy atom. The van der Waals surface area contributed by atoms with Gasteiger partial charge in [-0.1, -0.05) is 19.1 Å². The number of hydrogen-bond acceptors (Lipinski definition) is 4. The number of alkyl halides is 3. The summed E-state index contributed by atoms with van der Waals surface area (Å²) in [5.41, 5.74) is 0.804. The molecule has 0 aliphatic heterocycles. The summed E-state index contributed by atoms with van der Waals surface area (Å²) in [6, 6.07) is 6.22. The number of aryl methyl sites for hydroxylation is 1. The minimum Gasteiger partial charge on any atom is -0.330 e. The number of halogens is 3. The number of hydrogen-bond donors (Lipinski definition) is 1. The standard InChI is InChI=1S/C12H12F3N3S/c1-2-10-17-11(19-18-10)16-9-5-3-4-8(6-9)7-12(13,14)15/h3-6H,2,7H2,1H3,(H,16,17,18). The van der Waals surface area contributed by atoms with Crippen LogP contribution in [0.25, 0.3) is 0 Å². The highest BCUT2D eigenvalue weighted by molar-refractivity contribution is 7.09. The van der Waals surface area contributed by atoms with Gasteiger partial charge in [0.1, 0.15) is 5.82 Å². The third kappa shape index (κ3) is 4.20. The van der Waals surface area contributed by atoms with Crippen LogP contribution >= 0.6 is 11.5 Å². The lowest BCUT2D eigenvalue weighted by molar-refractivity contribution is -0.127. The van der Waals surface area contributed by atoms with Crippen LogP contribution in [0.3, 0.4) is 0 Å². The van der Waals surface area contributed by atoms with Gasteiger partial charge < -0.3 is 5.32 Å². The number of rotatable bonds is 4. The van der Waals surface area contributed by atoms with Crippen LogP contribution in [0.5, 0.6) is 0 Å². The number of benzene rings is 1. The second kappa shape index (κ2) is 5.56. The second-order valence-electron chi connectivity index (χ2n) is 3.99. The Morgan fingerprint density at radius 2 is 2.11 bits per heavy atom. The molecule has 0 radical (unpaired) electrons. The molecule has 0 fully saturated rings. The van der Waals surface area contributed by atoms with Crippen LogP contribution in [-0.2, 0) is 12.8 Å². The topological polar surface area (TPSA) is 37.8 Å².